The fourth-order valence-electron chi connectivity index (χ4n) is 3.11. The molecule has 0 aliphatic rings. The van der Waals surface area contributed by atoms with Crippen LogP contribution in [0.15, 0.2) is 71.9 Å². The Morgan fingerprint density at radius 1 is 1.07 bits per heavy atom. The van der Waals surface area contributed by atoms with Gasteiger partial charge in [-0.15, -0.1) is 5.10 Å². The smallest absolute Gasteiger partial charge is 0.237 e. The first-order chi connectivity index (χ1) is 14.1. The Kier molecular flexibility index (Phi) is 5.62. The van der Waals surface area contributed by atoms with Gasteiger partial charge in [0.2, 0.25) is 11.1 Å². The van der Waals surface area contributed by atoms with Crippen LogP contribution < -0.4 is 5.32 Å². The van der Waals surface area contributed by atoms with Crippen LogP contribution in [-0.4, -0.2) is 26.3 Å². The molecule has 1 aromatic heterocycles. The summed E-state index contributed by atoms with van der Waals surface area (Å²) in [7, 11) is 0. The van der Waals surface area contributed by atoms with E-state index in [1.54, 1.807) is 0 Å². The van der Waals surface area contributed by atoms with Crippen molar-refractivity contribution in [3.63, 3.8) is 0 Å². The molecule has 0 radical (unpaired) electrons. The Labute approximate surface area is 174 Å². The van der Waals surface area contributed by atoms with Gasteiger partial charge in [0, 0.05) is 16.6 Å². The van der Waals surface area contributed by atoms with Gasteiger partial charge in [0.05, 0.1) is 5.25 Å². The highest BCUT2D eigenvalue weighted by molar-refractivity contribution is 8.00. The minimum atomic E-state index is -0.333. The van der Waals surface area contributed by atoms with E-state index in [1.807, 2.05) is 61.5 Å². The molecule has 6 heteroatoms. The summed E-state index contributed by atoms with van der Waals surface area (Å²) in [4.78, 5) is 17.2. The van der Waals surface area contributed by atoms with E-state index in [-0.39, 0.29) is 11.2 Å². The van der Waals surface area contributed by atoms with Crippen LogP contribution in [0.2, 0.25) is 0 Å². The molecule has 2 N–H and O–H groups in total. The lowest BCUT2D eigenvalue weighted by Crippen LogP contribution is -2.22. The third-order valence-corrected chi connectivity index (χ3v) is 5.76. The minimum Gasteiger partial charge on any atom is -0.325 e. The number of aromatic amines is 1. The summed E-state index contributed by atoms with van der Waals surface area (Å²) < 4.78 is 0. The molecule has 3 aromatic carbocycles. The lowest BCUT2D eigenvalue weighted by atomic mass is 10.1. The number of hydrogen-bond acceptors (Lipinski definition) is 4. The average molecular weight is 403 g/mol. The van der Waals surface area contributed by atoms with Crippen LogP contribution in [0.5, 0.6) is 0 Å². The molecule has 1 amide bonds. The number of carbonyl (C=O) groups is 1. The maximum Gasteiger partial charge on any atom is 0.237 e. The van der Waals surface area contributed by atoms with Gasteiger partial charge >= 0.3 is 0 Å². The molecule has 1 atom stereocenters. The molecule has 0 aliphatic carbocycles. The Hall–Kier alpha value is -3.12. The molecular weight excluding hydrogens is 380 g/mol. The van der Waals surface area contributed by atoms with Crippen molar-refractivity contribution in [1.82, 2.24) is 15.2 Å². The zero-order valence-corrected chi connectivity index (χ0v) is 17.2. The van der Waals surface area contributed by atoms with E-state index in [0.29, 0.717) is 11.0 Å². The van der Waals surface area contributed by atoms with Crippen molar-refractivity contribution in [3.8, 4) is 11.4 Å². The third kappa shape index (κ3) is 4.32. The number of aryl methyl sites for hydroxylation is 1. The number of anilines is 1. The number of benzene rings is 3. The molecule has 5 nitrogen and oxygen atoms in total. The predicted molar refractivity (Wildman–Crippen MR) is 119 cm³/mol. The quantitative estimate of drug-likeness (QED) is 0.429. The average Bonchev–Trinajstić information content (AvgIpc) is 3.22. The number of thioether (sulfide) groups is 1. The van der Waals surface area contributed by atoms with Crippen LogP contribution in [0.1, 0.15) is 19.4 Å². The van der Waals surface area contributed by atoms with Gasteiger partial charge in [-0.2, -0.15) is 0 Å². The minimum absolute atomic E-state index is 0.0787. The van der Waals surface area contributed by atoms with Gasteiger partial charge in [-0.25, -0.2) is 4.98 Å². The largest absolute Gasteiger partial charge is 0.325 e. The highest BCUT2D eigenvalue weighted by Crippen LogP contribution is 2.26. The molecule has 0 fully saturated rings. The van der Waals surface area contributed by atoms with E-state index in [1.165, 1.54) is 17.3 Å². The molecule has 146 valence electrons. The number of rotatable bonds is 6. The highest BCUT2D eigenvalue weighted by atomic mass is 32.2. The Morgan fingerprint density at radius 2 is 1.83 bits per heavy atom. The SMILES string of the molecule is CCc1ccc(-c2nc(S[C@H](C)C(=O)Nc3cccc4ccccc34)n[nH]2)cc1. The molecule has 4 aromatic rings. The predicted octanol–water partition coefficient (Wildman–Crippen LogP) is 5.31. The van der Waals surface area contributed by atoms with Gasteiger partial charge < -0.3 is 5.32 Å². The molecule has 0 bridgehead atoms. The van der Waals surface area contributed by atoms with Crippen LogP contribution >= 0.6 is 11.8 Å². The summed E-state index contributed by atoms with van der Waals surface area (Å²) in [6.45, 7) is 3.99. The number of nitrogens with zero attached hydrogens (tertiary/aromatic N) is 2. The molecule has 0 spiro atoms. The molecule has 4 rings (SSSR count). The Morgan fingerprint density at radius 3 is 2.62 bits per heavy atom. The maximum absolute atomic E-state index is 12.7. The second-order valence-electron chi connectivity index (χ2n) is 6.79. The first-order valence-corrected chi connectivity index (χ1v) is 10.5. The van der Waals surface area contributed by atoms with Crippen molar-refractivity contribution in [1.29, 1.82) is 0 Å². The van der Waals surface area contributed by atoms with Gasteiger partial charge in [-0.05, 0) is 30.4 Å². The number of amides is 1. The van der Waals surface area contributed by atoms with Crippen molar-refractivity contribution in [3.05, 3.63) is 72.3 Å². The second kappa shape index (κ2) is 8.49. The number of nitrogens with one attached hydrogen (secondary N) is 2. The number of hydrogen-bond donors (Lipinski definition) is 2. The van der Waals surface area contributed by atoms with Crippen LogP contribution in [-0.2, 0) is 11.2 Å². The first kappa shape index (κ1) is 19.2. The molecule has 0 aliphatic heterocycles. The maximum atomic E-state index is 12.7. The van der Waals surface area contributed by atoms with Crippen LogP contribution in [0.25, 0.3) is 22.2 Å². The third-order valence-electron chi connectivity index (χ3n) is 4.80. The van der Waals surface area contributed by atoms with Crippen LogP contribution in [0.3, 0.4) is 0 Å². The first-order valence-electron chi connectivity index (χ1n) is 9.61. The molecule has 0 unspecified atom stereocenters. The zero-order chi connectivity index (χ0) is 20.2. The fraction of sp³-hybridized carbons (Fsp3) is 0.174. The number of H-pyrrole nitrogens is 1. The van der Waals surface area contributed by atoms with E-state index in [2.05, 4.69) is 39.6 Å². The Balaban J connectivity index is 1.44. The van der Waals surface area contributed by atoms with E-state index < -0.39 is 0 Å². The van der Waals surface area contributed by atoms with E-state index in [9.17, 15) is 4.79 Å². The van der Waals surface area contributed by atoms with Crippen molar-refractivity contribution in [2.24, 2.45) is 0 Å². The van der Waals surface area contributed by atoms with Gasteiger partial charge in [0.25, 0.3) is 0 Å². The summed E-state index contributed by atoms with van der Waals surface area (Å²) in [5.74, 6) is 0.627. The summed E-state index contributed by atoms with van der Waals surface area (Å²) in [6, 6.07) is 22.1. The monoisotopic (exact) mass is 402 g/mol. The molecule has 1 heterocycles. The van der Waals surface area contributed by atoms with Gasteiger partial charge in [-0.1, -0.05) is 79.3 Å². The number of carbonyl (C=O) groups excluding carboxylic acids is 1. The molecule has 29 heavy (non-hydrogen) atoms. The zero-order valence-electron chi connectivity index (χ0n) is 16.3. The van der Waals surface area contributed by atoms with Crippen molar-refractivity contribution >= 4 is 34.1 Å². The lowest BCUT2D eigenvalue weighted by Gasteiger charge is -2.12. The van der Waals surface area contributed by atoms with Crippen molar-refractivity contribution in [2.75, 3.05) is 5.32 Å². The van der Waals surface area contributed by atoms with Gasteiger partial charge in [-0.3, -0.25) is 9.89 Å². The summed E-state index contributed by atoms with van der Waals surface area (Å²) >= 11 is 1.33. The van der Waals surface area contributed by atoms with E-state index in [0.717, 1.165) is 28.4 Å². The van der Waals surface area contributed by atoms with E-state index >= 15 is 0 Å². The number of aromatic nitrogens is 3. The van der Waals surface area contributed by atoms with Gasteiger partial charge in [0.1, 0.15) is 0 Å². The van der Waals surface area contributed by atoms with E-state index in [4.69, 9.17) is 0 Å². The lowest BCUT2D eigenvalue weighted by molar-refractivity contribution is -0.115. The normalized spacial score (nSPS) is 12.1. The molecular formula is C23H22N4OS. The standard InChI is InChI=1S/C23H22N4OS/c1-3-16-11-13-18(14-12-16)21-25-23(27-26-21)29-15(2)22(28)24-20-10-6-8-17-7-4-5-9-19(17)20/h4-15H,3H2,1-2H3,(H,24,28)(H,25,26,27)/t15-/m1/s1. The summed E-state index contributed by atoms with van der Waals surface area (Å²) in [5, 5.41) is 12.6. The number of fused-ring (bicyclic) bond motifs is 1. The van der Waals surface area contributed by atoms with Crippen molar-refractivity contribution < 1.29 is 4.79 Å². The fourth-order valence-corrected chi connectivity index (χ4v) is 3.83. The van der Waals surface area contributed by atoms with Gasteiger partial charge in [0.15, 0.2) is 5.82 Å². The molecule has 0 saturated heterocycles. The topological polar surface area (TPSA) is 70.7 Å². The van der Waals surface area contributed by atoms with Crippen LogP contribution in [0.4, 0.5) is 5.69 Å². The second-order valence-corrected chi connectivity index (χ2v) is 8.10. The molecule has 0 saturated carbocycles. The van der Waals surface area contributed by atoms with Crippen LogP contribution in [0, 0.1) is 0 Å². The van der Waals surface area contributed by atoms with Crippen molar-refractivity contribution in [2.45, 2.75) is 30.7 Å². The summed E-state index contributed by atoms with van der Waals surface area (Å²) in [6.07, 6.45) is 1.00. The summed E-state index contributed by atoms with van der Waals surface area (Å²) in [5.41, 5.74) is 3.07. The highest BCUT2D eigenvalue weighted by Gasteiger charge is 2.18. The Bertz CT molecular complexity index is 1130.